The molecule has 1 heterocycles. The number of rotatable bonds is 4. The Bertz CT molecular complexity index is 949. The highest BCUT2D eigenvalue weighted by Gasteiger charge is 2.25. The summed E-state index contributed by atoms with van der Waals surface area (Å²) < 4.78 is 9.14. The molecule has 0 amide bonds. The van der Waals surface area contributed by atoms with Crippen LogP contribution in [0.25, 0.3) is 0 Å². The maximum absolute atomic E-state index is 12.6. The largest absolute Gasteiger partial charge is 0.419 e. The molecule has 26 heavy (non-hydrogen) atoms. The van der Waals surface area contributed by atoms with E-state index in [0.717, 1.165) is 17.1 Å². The zero-order valence-corrected chi connectivity index (χ0v) is 17.2. The lowest BCUT2D eigenvalue weighted by molar-refractivity contribution is 0.0739. The van der Waals surface area contributed by atoms with E-state index in [-0.39, 0.29) is 35.7 Å². The van der Waals surface area contributed by atoms with Gasteiger partial charge in [-0.15, -0.1) is 5.10 Å². The van der Waals surface area contributed by atoms with Gasteiger partial charge in [0.05, 0.1) is 20.8 Å². The molecule has 3 aromatic rings. The Kier molecular flexibility index (Phi) is 6.28. The van der Waals surface area contributed by atoms with Crippen molar-refractivity contribution in [3.63, 3.8) is 0 Å². The van der Waals surface area contributed by atoms with Gasteiger partial charge in [-0.25, -0.2) is 4.79 Å². The molecule has 1 aromatic heterocycles. The zero-order chi connectivity index (χ0) is 18.8. The quantitative estimate of drug-likeness (QED) is 0.187. The van der Waals surface area contributed by atoms with Crippen molar-refractivity contribution in [2.45, 2.75) is 6.42 Å². The van der Waals surface area contributed by atoms with Crippen molar-refractivity contribution in [2.75, 3.05) is 0 Å². The first-order valence-electron chi connectivity index (χ1n) is 6.99. The van der Waals surface area contributed by atoms with Crippen LogP contribution in [0.1, 0.15) is 20.9 Å². The highest BCUT2D eigenvalue weighted by Crippen LogP contribution is 2.48. The van der Waals surface area contributed by atoms with Crippen LogP contribution in [0.2, 0.25) is 25.1 Å². The molecule has 0 unspecified atom stereocenters. The second kappa shape index (κ2) is 8.30. The van der Waals surface area contributed by atoms with Crippen molar-refractivity contribution in [1.29, 1.82) is 0 Å². The number of esters is 1. The van der Waals surface area contributed by atoms with Gasteiger partial charge in [-0.05, 0) is 17.1 Å². The lowest BCUT2D eigenvalue weighted by Gasteiger charge is -2.12. The van der Waals surface area contributed by atoms with E-state index in [4.69, 9.17) is 62.7 Å². The molecule has 3 rings (SSSR count). The standard InChI is InChI=1S/C16H7Cl5N2O2S/c17-9-10(18)12(20)14(13(21)11(9)19)25-16(24)15-8(22-23-26-15)6-7-4-2-1-3-5-7/h1-5H,6H2. The molecule has 0 bridgehead atoms. The lowest BCUT2D eigenvalue weighted by Crippen LogP contribution is -2.10. The first-order chi connectivity index (χ1) is 12.4. The summed E-state index contributed by atoms with van der Waals surface area (Å²) in [6.45, 7) is 0. The van der Waals surface area contributed by atoms with Gasteiger partial charge in [0.2, 0.25) is 0 Å². The molecule has 0 fully saturated rings. The van der Waals surface area contributed by atoms with Crippen LogP contribution in [0, 0.1) is 0 Å². The van der Waals surface area contributed by atoms with Gasteiger partial charge in [-0.1, -0.05) is 92.8 Å². The Morgan fingerprint density at radius 1 is 0.923 bits per heavy atom. The summed E-state index contributed by atoms with van der Waals surface area (Å²) in [7, 11) is 0. The van der Waals surface area contributed by atoms with Crippen molar-refractivity contribution >= 4 is 75.5 Å². The maximum atomic E-state index is 12.6. The first kappa shape index (κ1) is 19.7. The van der Waals surface area contributed by atoms with Crippen LogP contribution in [0.5, 0.6) is 5.75 Å². The SMILES string of the molecule is O=C(Oc1c(Cl)c(Cl)c(Cl)c(Cl)c1Cl)c1snnc1Cc1ccccc1. The van der Waals surface area contributed by atoms with Crippen LogP contribution < -0.4 is 4.74 Å². The molecule has 0 saturated heterocycles. The Morgan fingerprint density at radius 3 is 2.12 bits per heavy atom. The van der Waals surface area contributed by atoms with E-state index in [2.05, 4.69) is 9.59 Å². The van der Waals surface area contributed by atoms with Gasteiger partial charge < -0.3 is 4.74 Å². The zero-order valence-electron chi connectivity index (χ0n) is 12.6. The second-order valence-corrected chi connectivity index (χ2v) is 7.64. The summed E-state index contributed by atoms with van der Waals surface area (Å²) in [6, 6.07) is 9.52. The van der Waals surface area contributed by atoms with Crippen LogP contribution in [0.4, 0.5) is 0 Å². The summed E-state index contributed by atoms with van der Waals surface area (Å²) in [4.78, 5) is 12.8. The molecule has 0 atom stereocenters. The third-order valence-electron chi connectivity index (χ3n) is 3.32. The maximum Gasteiger partial charge on any atom is 0.357 e. The summed E-state index contributed by atoms with van der Waals surface area (Å²) in [5, 5.41) is 3.64. The van der Waals surface area contributed by atoms with Gasteiger partial charge in [-0.2, -0.15) is 0 Å². The minimum Gasteiger partial charge on any atom is -0.419 e. The van der Waals surface area contributed by atoms with Crippen LogP contribution in [-0.2, 0) is 6.42 Å². The van der Waals surface area contributed by atoms with Crippen LogP contribution >= 0.6 is 69.5 Å². The number of hydrogen-bond donors (Lipinski definition) is 0. The minimum absolute atomic E-state index is 0.0210. The molecule has 0 aliphatic heterocycles. The van der Waals surface area contributed by atoms with Crippen molar-refractivity contribution in [3.8, 4) is 5.75 Å². The third-order valence-corrected chi connectivity index (χ3v) is 6.31. The lowest BCUT2D eigenvalue weighted by atomic mass is 10.1. The summed E-state index contributed by atoms with van der Waals surface area (Å²) in [6.07, 6.45) is 0.422. The smallest absolute Gasteiger partial charge is 0.357 e. The first-order valence-corrected chi connectivity index (χ1v) is 9.65. The van der Waals surface area contributed by atoms with Crippen LogP contribution in [0.3, 0.4) is 0 Å². The van der Waals surface area contributed by atoms with Crippen molar-refractivity contribution in [3.05, 3.63) is 71.6 Å². The molecule has 0 radical (unpaired) electrons. The predicted molar refractivity (Wildman–Crippen MR) is 106 cm³/mol. The van der Waals surface area contributed by atoms with Gasteiger partial charge in [0.1, 0.15) is 10.0 Å². The summed E-state index contributed by atoms with van der Waals surface area (Å²) in [5.74, 6) is -0.888. The molecular weight excluding hydrogens is 462 g/mol. The fraction of sp³-hybridized carbons (Fsp3) is 0.0625. The average molecular weight is 469 g/mol. The minimum atomic E-state index is -0.718. The number of carbonyl (C=O) groups excluding carboxylic acids is 1. The molecule has 4 nitrogen and oxygen atoms in total. The van der Waals surface area contributed by atoms with E-state index in [9.17, 15) is 4.79 Å². The van der Waals surface area contributed by atoms with E-state index >= 15 is 0 Å². The van der Waals surface area contributed by atoms with Gasteiger partial charge in [0.15, 0.2) is 10.6 Å². The van der Waals surface area contributed by atoms with E-state index in [1.54, 1.807) is 0 Å². The number of aromatic nitrogens is 2. The molecular formula is C16H7Cl5N2O2S. The normalized spacial score (nSPS) is 10.8. The molecule has 10 heteroatoms. The van der Waals surface area contributed by atoms with Crippen LogP contribution in [-0.4, -0.2) is 15.6 Å². The Labute approximate surface area is 177 Å². The molecule has 0 aliphatic rings. The van der Waals surface area contributed by atoms with Crippen molar-refractivity contribution in [2.24, 2.45) is 0 Å². The molecule has 0 saturated carbocycles. The molecule has 0 aliphatic carbocycles. The van der Waals surface area contributed by atoms with Gasteiger partial charge in [-0.3, -0.25) is 0 Å². The number of ether oxygens (including phenoxy) is 1. The van der Waals surface area contributed by atoms with E-state index in [0.29, 0.717) is 12.1 Å². The number of benzene rings is 2. The van der Waals surface area contributed by atoms with Crippen LogP contribution in [0.15, 0.2) is 30.3 Å². The van der Waals surface area contributed by atoms with Gasteiger partial charge in [0, 0.05) is 6.42 Å². The molecule has 134 valence electrons. The predicted octanol–water partition coefficient (Wildman–Crippen LogP) is 6.62. The van der Waals surface area contributed by atoms with Gasteiger partial charge in [0.25, 0.3) is 0 Å². The highest BCUT2D eigenvalue weighted by atomic mass is 35.5. The number of carbonyl (C=O) groups is 1. The Balaban J connectivity index is 1.90. The van der Waals surface area contributed by atoms with Crippen molar-refractivity contribution in [1.82, 2.24) is 9.59 Å². The highest BCUT2D eigenvalue weighted by molar-refractivity contribution is 7.07. The molecule has 2 aromatic carbocycles. The van der Waals surface area contributed by atoms with Crippen molar-refractivity contribution < 1.29 is 9.53 Å². The Morgan fingerprint density at radius 2 is 1.50 bits per heavy atom. The Hall–Kier alpha value is -1.08. The number of hydrogen-bond acceptors (Lipinski definition) is 5. The third kappa shape index (κ3) is 3.93. The van der Waals surface area contributed by atoms with E-state index in [1.807, 2.05) is 30.3 Å². The van der Waals surface area contributed by atoms with Gasteiger partial charge >= 0.3 is 5.97 Å². The number of nitrogens with zero attached hydrogens (tertiary/aromatic N) is 2. The molecule has 0 spiro atoms. The summed E-state index contributed by atoms with van der Waals surface area (Å²) in [5.41, 5.74) is 1.45. The number of halogens is 5. The van der Waals surface area contributed by atoms with E-state index in [1.165, 1.54) is 0 Å². The second-order valence-electron chi connectivity index (χ2n) is 5.00. The fourth-order valence-corrected chi connectivity index (χ4v) is 3.84. The molecule has 0 N–H and O–H groups in total. The topological polar surface area (TPSA) is 52.1 Å². The average Bonchev–Trinajstić information content (AvgIpc) is 3.11. The fourth-order valence-electron chi connectivity index (χ4n) is 2.08. The van der Waals surface area contributed by atoms with E-state index < -0.39 is 5.97 Å². The summed E-state index contributed by atoms with van der Waals surface area (Å²) >= 11 is 31.0. The monoisotopic (exact) mass is 466 g/mol.